The Balaban J connectivity index is 1.40. The van der Waals surface area contributed by atoms with Crippen LogP contribution in [0.5, 0.6) is 0 Å². The molecule has 3 heterocycles. The minimum absolute atomic E-state index is 0.0169. The monoisotopic (exact) mass is 459 g/mol. The van der Waals surface area contributed by atoms with Gasteiger partial charge in [-0.2, -0.15) is 0 Å². The fraction of sp³-hybridized carbons (Fsp3) is 0.273. The molecule has 7 nitrogen and oxygen atoms in total. The first-order valence-corrected chi connectivity index (χ1v) is 11.1. The highest BCUT2D eigenvalue weighted by Gasteiger charge is 2.24. The molecule has 0 bridgehead atoms. The quantitative estimate of drug-likeness (QED) is 0.557. The summed E-state index contributed by atoms with van der Waals surface area (Å²) in [5, 5.41) is 7.02. The van der Waals surface area contributed by atoms with E-state index in [1.165, 1.54) is 17.6 Å². The van der Waals surface area contributed by atoms with Crippen LogP contribution >= 0.6 is 22.9 Å². The van der Waals surface area contributed by atoms with E-state index < -0.39 is 0 Å². The Morgan fingerprint density at radius 1 is 1.06 bits per heavy atom. The van der Waals surface area contributed by atoms with Gasteiger partial charge in [-0.15, -0.1) is 11.3 Å². The lowest BCUT2D eigenvalue weighted by atomic mass is 10.0. The van der Waals surface area contributed by atoms with Crippen molar-refractivity contribution in [3.05, 3.63) is 76.0 Å². The third-order valence-electron chi connectivity index (χ3n) is 5.01. The third-order valence-corrected chi connectivity index (χ3v) is 6.26. The zero-order valence-electron chi connectivity index (χ0n) is 16.7. The van der Waals surface area contributed by atoms with Crippen LogP contribution in [-0.2, 0) is 4.74 Å². The maximum absolute atomic E-state index is 12.7. The fourth-order valence-electron chi connectivity index (χ4n) is 3.42. The largest absolute Gasteiger partial charge is 0.459 e. The molecule has 2 N–H and O–H groups in total. The fourth-order valence-corrected chi connectivity index (χ4v) is 4.36. The number of halogens is 1. The number of thiophene rings is 1. The molecule has 1 unspecified atom stereocenters. The van der Waals surface area contributed by atoms with Crippen molar-refractivity contribution in [3.63, 3.8) is 0 Å². The van der Waals surface area contributed by atoms with Crippen LogP contribution in [0.2, 0.25) is 5.02 Å². The van der Waals surface area contributed by atoms with Crippen LogP contribution < -0.4 is 10.6 Å². The van der Waals surface area contributed by atoms with Crippen molar-refractivity contribution in [2.75, 3.05) is 38.2 Å². The van der Waals surface area contributed by atoms with Crippen LogP contribution in [0, 0.1) is 0 Å². The zero-order chi connectivity index (χ0) is 21.6. The van der Waals surface area contributed by atoms with E-state index in [2.05, 4.69) is 15.5 Å². The smallest absolute Gasteiger partial charge is 0.291 e. The molecule has 9 heteroatoms. The molecule has 31 heavy (non-hydrogen) atoms. The highest BCUT2D eigenvalue weighted by molar-refractivity contribution is 7.18. The number of nitrogens with zero attached hydrogens (tertiary/aromatic N) is 1. The Labute approximate surface area is 188 Å². The van der Waals surface area contributed by atoms with Gasteiger partial charge >= 0.3 is 0 Å². The molecule has 0 radical (unpaired) electrons. The summed E-state index contributed by atoms with van der Waals surface area (Å²) in [6, 6.07) is 14.3. The molecule has 4 rings (SSSR count). The summed E-state index contributed by atoms with van der Waals surface area (Å²) < 4.78 is 10.6. The van der Waals surface area contributed by atoms with Gasteiger partial charge in [0.2, 0.25) is 0 Å². The molecule has 162 valence electrons. The van der Waals surface area contributed by atoms with Gasteiger partial charge in [0.05, 0.1) is 35.4 Å². The Morgan fingerprint density at radius 3 is 2.55 bits per heavy atom. The molecule has 0 aliphatic carbocycles. The molecule has 0 spiro atoms. The molecular formula is C22H22ClN3O4S. The molecule has 1 saturated heterocycles. The molecule has 1 atom stereocenters. The van der Waals surface area contributed by atoms with Gasteiger partial charge in [0, 0.05) is 24.7 Å². The summed E-state index contributed by atoms with van der Waals surface area (Å²) in [6.45, 7) is 3.38. The van der Waals surface area contributed by atoms with Gasteiger partial charge in [0.15, 0.2) is 5.76 Å². The van der Waals surface area contributed by atoms with E-state index in [4.69, 9.17) is 20.8 Å². The van der Waals surface area contributed by atoms with Crippen molar-refractivity contribution in [1.82, 2.24) is 10.2 Å². The molecule has 1 aliphatic rings. The number of hydrogen-bond donors (Lipinski definition) is 2. The first kappa shape index (κ1) is 21.6. The Kier molecular flexibility index (Phi) is 7.03. The highest BCUT2D eigenvalue weighted by Crippen LogP contribution is 2.25. The summed E-state index contributed by atoms with van der Waals surface area (Å²) in [7, 11) is 0. The van der Waals surface area contributed by atoms with Crippen LogP contribution in [0.1, 0.15) is 31.8 Å². The number of anilines is 1. The molecule has 1 aliphatic heterocycles. The highest BCUT2D eigenvalue weighted by atomic mass is 35.5. The van der Waals surface area contributed by atoms with Crippen LogP contribution in [0.4, 0.5) is 5.00 Å². The lowest BCUT2D eigenvalue weighted by molar-refractivity contribution is 0.0162. The number of amides is 2. The van der Waals surface area contributed by atoms with Gasteiger partial charge in [-0.3, -0.25) is 14.5 Å². The van der Waals surface area contributed by atoms with Crippen LogP contribution in [-0.4, -0.2) is 49.6 Å². The minimum Gasteiger partial charge on any atom is -0.459 e. The predicted molar refractivity (Wildman–Crippen MR) is 120 cm³/mol. The summed E-state index contributed by atoms with van der Waals surface area (Å²) in [5.74, 6) is -0.319. The first-order valence-electron chi connectivity index (χ1n) is 9.90. The van der Waals surface area contributed by atoms with E-state index >= 15 is 0 Å². The van der Waals surface area contributed by atoms with Crippen molar-refractivity contribution < 1.29 is 18.7 Å². The Bertz CT molecular complexity index is 1010. The number of morpholine rings is 1. The zero-order valence-corrected chi connectivity index (χ0v) is 18.2. The number of benzene rings is 1. The van der Waals surface area contributed by atoms with E-state index in [0.29, 0.717) is 34.7 Å². The van der Waals surface area contributed by atoms with Crippen molar-refractivity contribution in [2.24, 2.45) is 0 Å². The van der Waals surface area contributed by atoms with Crippen molar-refractivity contribution >= 4 is 39.8 Å². The number of hydrogen-bond acceptors (Lipinski definition) is 6. The molecule has 1 aromatic carbocycles. The van der Waals surface area contributed by atoms with Crippen molar-refractivity contribution in [3.8, 4) is 0 Å². The number of ether oxygens (including phenoxy) is 1. The van der Waals surface area contributed by atoms with Gasteiger partial charge in [0.25, 0.3) is 11.8 Å². The van der Waals surface area contributed by atoms with Gasteiger partial charge in [-0.1, -0.05) is 23.7 Å². The van der Waals surface area contributed by atoms with Crippen LogP contribution in [0.25, 0.3) is 0 Å². The summed E-state index contributed by atoms with van der Waals surface area (Å²) >= 11 is 7.26. The second-order valence-electron chi connectivity index (χ2n) is 7.02. The first-order chi connectivity index (χ1) is 15.1. The normalized spacial score (nSPS) is 15.4. The van der Waals surface area contributed by atoms with Crippen LogP contribution in [0.3, 0.4) is 0 Å². The van der Waals surface area contributed by atoms with Crippen molar-refractivity contribution in [2.45, 2.75) is 6.04 Å². The molecule has 3 aromatic rings. The maximum atomic E-state index is 12.7. The number of rotatable bonds is 7. The van der Waals surface area contributed by atoms with E-state index in [9.17, 15) is 9.59 Å². The van der Waals surface area contributed by atoms with E-state index in [-0.39, 0.29) is 23.6 Å². The Morgan fingerprint density at radius 2 is 1.84 bits per heavy atom. The lowest BCUT2D eigenvalue weighted by Crippen LogP contribution is -2.43. The number of furan rings is 1. The van der Waals surface area contributed by atoms with Gasteiger partial charge in [0.1, 0.15) is 0 Å². The summed E-state index contributed by atoms with van der Waals surface area (Å²) in [5.41, 5.74) is 1.09. The van der Waals surface area contributed by atoms with Gasteiger partial charge in [-0.25, -0.2) is 0 Å². The maximum Gasteiger partial charge on any atom is 0.291 e. The average molecular weight is 460 g/mol. The van der Waals surface area contributed by atoms with Crippen LogP contribution in [0.15, 0.2) is 59.2 Å². The minimum atomic E-state index is -0.353. The molecule has 2 aromatic heterocycles. The Hall–Kier alpha value is -2.65. The number of carbonyl (C=O) groups is 2. The topological polar surface area (TPSA) is 83.8 Å². The third kappa shape index (κ3) is 5.54. The van der Waals surface area contributed by atoms with E-state index in [0.717, 1.165) is 18.7 Å². The van der Waals surface area contributed by atoms with E-state index in [1.807, 2.05) is 24.3 Å². The molecular weight excluding hydrogens is 438 g/mol. The number of carbonyl (C=O) groups excluding carboxylic acids is 2. The van der Waals surface area contributed by atoms with Gasteiger partial charge < -0.3 is 19.8 Å². The molecule has 2 amide bonds. The average Bonchev–Trinajstić information content (AvgIpc) is 3.48. The molecule has 1 fully saturated rings. The lowest BCUT2D eigenvalue weighted by Gasteiger charge is -2.35. The number of nitrogens with one attached hydrogen (secondary N) is 2. The summed E-state index contributed by atoms with van der Waals surface area (Å²) in [4.78, 5) is 27.7. The molecule has 0 saturated carbocycles. The second kappa shape index (κ2) is 10.1. The predicted octanol–water partition coefficient (Wildman–Crippen LogP) is 4.05. The van der Waals surface area contributed by atoms with Crippen molar-refractivity contribution in [1.29, 1.82) is 0 Å². The second-order valence-corrected chi connectivity index (χ2v) is 8.54. The summed E-state index contributed by atoms with van der Waals surface area (Å²) in [6.07, 6.45) is 1.44. The SMILES string of the molecule is O=C(Nc1ccc(C(=O)NCC(c2ccc(Cl)cc2)N2CCOCC2)s1)c1ccco1. The van der Waals surface area contributed by atoms with E-state index in [1.54, 1.807) is 24.3 Å². The standard InChI is InChI=1S/C22H22ClN3O4S/c23-16-5-3-15(4-6-16)17(26-9-12-29-13-10-26)14-24-22(28)19-7-8-20(31-19)25-21(27)18-2-1-11-30-18/h1-8,11,17H,9-10,12-14H2,(H,24,28)(H,25,27). The van der Waals surface area contributed by atoms with Gasteiger partial charge in [-0.05, 0) is 42.0 Å².